The van der Waals surface area contributed by atoms with Gasteiger partial charge in [-0.2, -0.15) is 0 Å². The number of anilines is 1. The SMILES string of the molecule is CNC(C)c1ccc2c(c1)CCCN2CCCCCCO. The van der Waals surface area contributed by atoms with Crippen molar-refractivity contribution in [1.29, 1.82) is 0 Å². The summed E-state index contributed by atoms with van der Waals surface area (Å²) < 4.78 is 0. The van der Waals surface area contributed by atoms with Crippen molar-refractivity contribution in [2.75, 3.05) is 31.6 Å². The van der Waals surface area contributed by atoms with Crippen LogP contribution in [0.5, 0.6) is 0 Å². The van der Waals surface area contributed by atoms with E-state index < -0.39 is 0 Å². The summed E-state index contributed by atoms with van der Waals surface area (Å²) in [6.45, 7) is 4.88. The maximum atomic E-state index is 8.82. The fourth-order valence-electron chi connectivity index (χ4n) is 3.13. The van der Waals surface area contributed by atoms with Gasteiger partial charge in [-0.25, -0.2) is 0 Å². The fraction of sp³-hybridized carbons (Fsp3) is 0.667. The minimum absolute atomic E-state index is 0.332. The van der Waals surface area contributed by atoms with E-state index in [4.69, 9.17) is 5.11 Å². The monoisotopic (exact) mass is 290 g/mol. The Labute approximate surface area is 129 Å². The van der Waals surface area contributed by atoms with Crippen LogP contribution in [0, 0.1) is 0 Å². The first-order chi connectivity index (χ1) is 10.3. The Bertz CT molecular complexity index is 433. The maximum absolute atomic E-state index is 8.82. The van der Waals surface area contributed by atoms with Crippen molar-refractivity contribution in [2.24, 2.45) is 0 Å². The number of aryl methyl sites for hydroxylation is 1. The molecule has 0 bridgehead atoms. The molecule has 3 heteroatoms. The summed E-state index contributed by atoms with van der Waals surface area (Å²) in [7, 11) is 2.02. The highest BCUT2D eigenvalue weighted by Crippen LogP contribution is 2.30. The van der Waals surface area contributed by atoms with Gasteiger partial charge in [0.05, 0.1) is 0 Å². The molecule has 21 heavy (non-hydrogen) atoms. The molecule has 1 aliphatic heterocycles. The second kappa shape index (κ2) is 8.40. The van der Waals surface area contributed by atoms with Gasteiger partial charge in [-0.05, 0) is 56.8 Å². The molecule has 0 aromatic heterocycles. The third-order valence-electron chi connectivity index (χ3n) is 4.59. The van der Waals surface area contributed by atoms with Crippen molar-refractivity contribution in [3.05, 3.63) is 29.3 Å². The van der Waals surface area contributed by atoms with Crippen molar-refractivity contribution in [2.45, 2.75) is 51.5 Å². The molecule has 1 aliphatic rings. The van der Waals surface area contributed by atoms with E-state index in [9.17, 15) is 0 Å². The fourth-order valence-corrected chi connectivity index (χ4v) is 3.13. The van der Waals surface area contributed by atoms with E-state index in [0.29, 0.717) is 12.6 Å². The van der Waals surface area contributed by atoms with Crippen LogP contribution in [0.15, 0.2) is 18.2 Å². The summed E-state index contributed by atoms with van der Waals surface area (Å²) in [5.41, 5.74) is 4.34. The number of unbranched alkanes of at least 4 members (excludes halogenated alkanes) is 3. The number of benzene rings is 1. The zero-order valence-electron chi connectivity index (χ0n) is 13.6. The summed E-state index contributed by atoms with van der Waals surface area (Å²) in [5, 5.41) is 12.1. The van der Waals surface area contributed by atoms with Crippen molar-refractivity contribution >= 4 is 5.69 Å². The zero-order chi connectivity index (χ0) is 15.1. The number of hydrogen-bond acceptors (Lipinski definition) is 3. The van der Waals surface area contributed by atoms with E-state index >= 15 is 0 Å². The molecule has 1 unspecified atom stereocenters. The van der Waals surface area contributed by atoms with Crippen LogP contribution in [0.2, 0.25) is 0 Å². The molecule has 0 saturated heterocycles. The third kappa shape index (κ3) is 4.45. The molecule has 1 aromatic rings. The van der Waals surface area contributed by atoms with Crippen LogP contribution in [0.25, 0.3) is 0 Å². The number of nitrogens with zero attached hydrogens (tertiary/aromatic N) is 1. The Balaban J connectivity index is 1.96. The van der Waals surface area contributed by atoms with Gasteiger partial charge in [-0.3, -0.25) is 0 Å². The molecule has 0 fully saturated rings. The van der Waals surface area contributed by atoms with Gasteiger partial charge in [0.1, 0.15) is 0 Å². The van der Waals surface area contributed by atoms with Gasteiger partial charge < -0.3 is 15.3 Å². The Hall–Kier alpha value is -1.06. The average Bonchev–Trinajstić information content (AvgIpc) is 2.53. The molecule has 3 nitrogen and oxygen atoms in total. The van der Waals surface area contributed by atoms with Crippen LogP contribution in [0.4, 0.5) is 5.69 Å². The van der Waals surface area contributed by atoms with Gasteiger partial charge in [0.25, 0.3) is 0 Å². The molecular weight excluding hydrogens is 260 g/mol. The van der Waals surface area contributed by atoms with E-state index in [1.165, 1.54) is 49.0 Å². The number of fused-ring (bicyclic) bond motifs is 1. The molecule has 0 spiro atoms. The molecule has 0 aliphatic carbocycles. The Morgan fingerprint density at radius 3 is 2.81 bits per heavy atom. The zero-order valence-corrected chi connectivity index (χ0v) is 13.6. The molecule has 2 N–H and O–H groups in total. The molecule has 2 rings (SSSR count). The summed E-state index contributed by atoms with van der Waals surface area (Å²) in [4.78, 5) is 2.55. The summed E-state index contributed by atoms with van der Waals surface area (Å²) >= 11 is 0. The van der Waals surface area contributed by atoms with Crippen LogP contribution < -0.4 is 10.2 Å². The third-order valence-corrected chi connectivity index (χ3v) is 4.59. The number of nitrogens with one attached hydrogen (secondary N) is 1. The van der Waals surface area contributed by atoms with Crippen LogP contribution in [0.3, 0.4) is 0 Å². The van der Waals surface area contributed by atoms with Gasteiger partial charge >= 0.3 is 0 Å². The Morgan fingerprint density at radius 2 is 2.05 bits per heavy atom. The van der Waals surface area contributed by atoms with Crippen molar-refractivity contribution in [3.8, 4) is 0 Å². The quantitative estimate of drug-likeness (QED) is 0.721. The van der Waals surface area contributed by atoms with E-state index in [0.717, 1.165) is 19.4 Å². The van der Waals surface area contributed by atoms with Gasteiger partial charge in [0.15, 0.2) is 0 Å². The van der Waals surface area contributed by atoms with E-state index in [2.05, 4.69) is 35.3 Å². The smallest absolute Gasteiger partial charge is 0.0431 e. The molecule has 1 aromatic carbocycles. The highest BCUT2D eigenvalue weighted by molar-refractivity contribution is 5.57. The van der Waals surface area contributed by atoms with Crippen LogP contribution in [0.1, 0.15) is 56.2 Å². The van der Waals surface area contributed by atoms with Gasteiger partial charge in [0, 0.05) is 31.4 Å². The second-order valence-corrected chi connectivity index (χ2v) is 6.13. The molecule has 118 valence electrons. The lowest BCUT2D eigenvalue weighted by Crippen LogP contribution is -2.30. The first-order valence-electron chi connectivity index (χ1n) is 8.42. The Kier molecular flexibility index (Phi) is 6.52. The topological polar surface area (TPSA) is 35.5 Å². The van der Waals surface area contributed by atoms with Crippen LogP contribution >= 0.6 is 0 Å². The normalized spacial score (nSPS) is 15.9. The van der Waals surface area contributed by atoms with E-state index in [1.807, 2.05) is 7.05 Å². The lowest BCUT2D eigenvalue weighted by atomic mass is 9.96. The number of aliphatic hydroxyl groups is 1. The maximum Gasteiger partial charge on any atom is 0.0431 e. The molecule has 1 heterocycles. The Morgan fingerprint density at radius 1 is 1.24 bits per heavy atom. The van der Waals surface area contributed by atoms with Crippen LogP contribution in [-0.4, -0.2) is 31.9 Å². The number of hydrogen-bond donors (Lipinski definition) is 2. The van der Waals surface area contributed by atoms with Gasteiger partial charge in [-0.15, -0.1) is 0 Å². The first-order valence-corrected chi connectivity index (χ1v) is 8.42. The number of rotatable bonds is 8. The summed E-state index contributed by atoms with van der Waals surface area (Å²) in [5.74, 6) is 0. The van der Waals surface area contributed by atoms with Gasteiger partial charge in [0.2, 0.25) is 0 Å². The van der Waals surface area contributed by atoms with Gasteiger partial charge in [-0.1, -0.05) is 25.0 Å². The predicted octanol–water partition coefficient (Wildman–Crippen LogP) is 3.27. The van der Waals surface area contributed by atoms with Crippen molar-refractivity contribution < 1.29 is 5.11 Å². The molecular formula is C18H30N2O. The highest BCUT2D eigenvalue weighted by Gasteiger charge is 2.17. The first kappa shape index (κ1) is 16.3. The second-order valence-electron chi connectivity index (χ2n) is 6.13. The predicted molar refractivity (Wildman–Crippen MR) is 90.0 cm³/mol. The number of aliphatic hydroxyl groups excluding tert-OH is 1. The van der Waals surface area contributed by atoms with Crippen LogP contribution in [-0.2, 0) is 6.42 Å². The summed E-state index contributed by atoms with van der Waals surface area (Å²) in [6.07, 6.45) is 7.02. The molecule has 1 atom stereocenters. The minimum atomic E-state index is 0.332. The highest BCUT2D eigenvalue weighted by atomic mass is 16.2. The van der Waals surface area contributed by atoms with E-state index in [-0.39, 0.29) is 0 Å². The molecule has 0 amide bonds. The summed E-state index contributed by atoms with van der Waals surface area (Å²) in [6, 6.07) is 7.38. The van der Waals surface area contributed by atoms with Crippen molar-refractivity contribution in [1.82, 2.24) is 5.32 Å². The average molecular weight is 290 g/mol. The van der Waals surface area contributed by atoms with Crippen molar-refractivity contribution in [3.63, 3.8) is 0 Å². The lowest BCUT2D eigenvalue weighted by Gasteiger charge is -2.32. The van der Waals surface area contributed by atoms with E-state index in [1.54, 1.807) is 0 Å². The lowest BCUT2D eigenvalue weighted by molar-refractivity contribution is 0.282. The minimum Gasteiger partial charge on any atom is -0.396 e. The largest absolute Gasteiger partial charge is 0.396 e. The molecule has 0 radical (unpaired) electrons. The molecule has 0 saturated carbocycles. The standard InChI is InChI=1S/C18H30N2O/c1-15(19-2)16-9-10-18-17(14-16)8-7-12-20(18)11-5-3-4-6-13-21/h9-10,14-15,19,21H,3-8,11-13H2,1-2H3.